The fraction of sp³-hybridized carbons (Fsp3) is 0.214. The van der Waals surface area contributed by atoms with E-state index in [1.54, 1.807) is 29.2 Å². The molecule has 1 aliphatic heterocycles. The van der Waals surface area contributed by atoms with E-state index in [0.29, 0.717) is 40.5 Å². The minimum absolute atomic E-state index is 0.0832. The number of anilines is 1. The van der Waals surface area contributed by atoms with E-state index in [0.717, 1.165) is 16.5 Å². The van der Waals surface area contributed by atoms with Crippen LogP contribution < -0.4 is 15.1 Å². The van der Waals surface area contributed by atoms with Crippen molar-refractivity contribution in [2.45, 2.75) is 26.3 Å². The van der Waals surface area contributed by atoms with Crippen molar-refractivity contribution >= 4 is 38.5 Å². The smallest absolute Gasteiger partial charge is 0.295 e. The third-order valence-corrected chi connectivity index (χ3v) is 6.50. The molecule has 0 radical (unpaired) electrons. The van der Waals surface area contributed by atoms with Gasteiger partial charge in [0.1, 0.15) is 11.3 Å². The fourth-order valence-electron chi connectivity index (χ4n) is 4.31. The number of hydrogen-bond donors (Lipinski definition) is 0. The molecule has 1 aliphatic rings. The Morgan fingerprint density at radius 3 is 2.59 bits per heavy atom. The zero-order valence-electron chi connectivity index (χ0n) is 19.0. The highest BCUT2D eigenvalue weighted by molar-refractivity contribution is 9.10. The average Bonchev–Trinajstić information content (AvgIpc) is 3.12. The summed E-state index contributed by atoms with van der Waals surface area (Å²) in [6.45, 7) is 4.91. The van der Waals surface area contributed by atoms with Crippen LogP contribution in [0.5, 0.6) is 5.75 Å². The first kappa shape index (κ1) is 22.4. The van der Waals surface area contributed by atoms with Crippen molar-refractivity contribution in [2.24, 2.45) is 5.92 Å². The lowest BCUT2D eigenvalue weighted by Crippen LogP contribution is -2.29. The second kappa shape index (κ2) is 9.11. The number of rotatable bonds is 6. The standard InChI is InChI=1S/C28H24BrNO4/c1-17(2)13-14-33-21-10-5-7-18(15-21)25-24-26(31)22-11-3-4-12-23(22)34-27(24)28(32)30(25)20-9-6-8-19(29)16-20/h3-12,15-17,25H,13-14H2,1-2H3. The van der Waals surface area contributed by atoms with Gasteiger partial charge >= 0.3 is 0 Å². The largest absolute Gasteiger partial charge is 0.494 e. The molecule has 1 atom stereocenters. The molecular weight excluding hydrogens is 494 g/mol. The summed E-state index contributed by atoms with van der Waals surface area (Å²) in [6.07, 6.45) is 0.939. The third kappa shape index (κ3) is 4.03. The summed E-state index contributed by atoms with van der Waals surface area (Å²) in [4.78, 5) is 28.9. The van der Waals surface area contributed by atoms with Crippen LogP contribution in [0.4, 0.5) is 5.69 Å². The predicted molar refractivity (Wildman–Crippen MR) is 137 cm³/mol. The second-order valence-electron chi connectivity index (χ2n) is 8.83. The summed E-state index contributed by atoms with van der Waals surface area (Å²) in [7, 11) is 0. The summed E-state index contributed by atoms with van der Waals surface area (Å²) < 4.78 is 12.8. The quantitative estimate of drug-likeness (QED) is 0.284. The topological polar surface area (TPSA) is 59.8 Å². The van der Waals surface area contributed by atoms with Gasteiger partial charge in [-0.15, -0.1) is 0 Å². The van der Waals surface area contributed by atoms with E-state index in [9.17, 15) is 9.59 Å². The second-order valence-corrected chi connectivity index (χ2v) is 9.75. The molecule has 3 aromatic carbocycles. The molecule has 1 aromatic heterocycles. The van der Waals surface area contributed by atoms with E-state index >= 15 is 0 Å². The minimum atomic E-state index is -0.633. The normalized spacial score (nSPS) is 15.2. The van der Waals surface area contributed by atoms with Gasteiger partial charge in [-0.25, -0.2) is 0 Å². The van der Waals surface area contributed by atoms with Gasteiger partial charge in [0, 0.05) is 10.2 Å². The summed E-state index contributed by atoms with van der Waals surface area (Å²) in [5.74, 6) is 0.984. The van der Waals surface area contributed by atoms with Gasteiger partial charge in [-0.05, 0) is 60.4 Å². The summed E-state index contributed by atoms with van der Waals surface area (Å²) in [5.41, 5.74) is 2.02. The van der Waals surface area contributed by atoms with Crippen molar-refractivity contribution in [2.75, 3.05) is 11.5 Å². The zero-order chi connectivity index (χ0) is 23.8. The monoisotopic (exact) mass is 517 g/mol. The first-order chi connectivity index (χ1) is 16.4. The number of carbonyl (C=O) groups excluding carboxylic acids is 1. The van der Waals surface area contributed by atoms with Crippen LogP contribution in [0.3, 0.4) is 0 Å². The molecule has 0 saturated carbocycles. The molecule has 0 fully saturated rings. The molecule has 172 valence electrons. The number of ether oxygens (including phenoxy) is 1. The summed E-state index contributed by atoms with van der Waals surface area (Å²) in [5, 5.41) is 0.458. The highest BCUT2D eigenvalue weighted by atomic mass is 79.9. The number of carbonyl (C=O) groups is 1. The van der Waals surface area contributed by atoms with Gasteiger partial charge in [-0.3, -0.25) is 14.5 Å². The van der Waals surface area contributed by atoms with Crippen LogP contribution in [-0.4, -0.2) is 12.5 Å². The third-order valence-electron chi connectivity index (χ3n) is 6.00. The summed E-state index contributed by atoms with van der Waals surface area (Å²) in [6, 6.07) is 21.5. The van der Waals surface area contributed by atoms with E-state index in [-0.39, 0.29) is 17.1 Å². The highest BCUT2D eigenvalue weighted by Crippen LogP contribution is 2.42. The maximum Gasteiger partial charge on any atom is 0.295 e. The molecule has 0 bridgehead atoms. The number of fused-ring (bicyclic) bond motifs is 2. The molecule has 0 saturated heterocycles. The van der Waals surface area contributed by atoms with Crippen molar-refractivity contribution in [1.29, 1.82) is 0 Å². The predicted octanol–water partition coefficient (Wildman–Crippen LogP) is 6.73. The van der Waals surface area contributed by atoms with Gasteiger partial charge in [-0.2, -0.15) is 0 Å². The molecule has 5 rings (SSSR count). The summed E-state index contributed by atoms with van der Waals surface area (Å²) >= 11 is 3.50. The van der Waals surface area contributed by atoms with Crippen LogP contribution in [-0.2, 0) is 0 Å². The van der Waals surface area contributed by atoms with Gasteiger partial charge in [0.15, 0.2) is 5.43 Å². The Morgan fingerprint density at radius 2 is 1.79 bits per heavy atom. The fourth-order valence-corrected chi connectivity index (χ4v) is 4.70. The van der Waals surface area contributed by atoms with Crippen LogP contribution in [0.2, 0.25) is 0 Å². The first-order valence-corrected chi connectivity index (χ1v) is 12.1. The van der Waals surface area contributed by atoms with Crippen LogP contribution >= 0.6 is 15.9 Å². The first-order valence-electron chi connectivity index (χ1n) is 11.3. The molecular formula is C28H24BrNO4. The van der Waals surface area contributed by atoms with Gasteiger partial charge < -0.3 is 9.15 Å². The maximum absolute atomic E-state index is 13.7. The van der Waals surface area contributed by atoms with Crippen LogP contribution in [0.1, 0.15) is 48.0 Å². The van der Waals surface area contributed by atoms with Gasteiger partial charge in [0.05, 0.1) is 23.6 Å². The molecule has 5 nitrogen and oxygen atoms in total. The number of hydrogen-bond acceptors (Lipinski definition) is 4. The SMILES string of the molecule is CC(C)CCOc1cccc(C2c3c(oc4ccccc4c3=O)C(=O)N2c2cccc(Br)c2)c1. The number of para-hydroxylation sites is 1. The molecule has 0 N–H and O–H groups in total. The van der Waals surface area contributed by atoms with Crippen molar-refractivity contribution < 1.29 is 13.9 Å². The Labute approximate surface area is 206 Å². The molecule has 0 aliphatic carbocycles. The number of benzene rings is 3. The maximum atomic E-state index is 13.7. The van der Waals surface area contributed by atoms with Crippen LogP contribution in [0.15, 0.2) is 86.5 Å². The Morgan fingerprint density at radius 1 is 1.00 bits per heavy atom. The van der Waals surface area contributed by atoms with Crippen molar-refractivity contribution in [3.05, 3.63) is 104 Å². The van der Waals surface area contributed by atoms with Crippen molar-refractivity contribution in [3.8, 4) is 5.75 Å². The van der Waals surface area contributed by atoms with E-state index in [2.05, 4.69) is 29.8 Å². The molecule has 1 unspecified atom stereocenters. The number of halogens is 1. The molecule has 0 spiro atoms. The number of amides is 1. The molecule has 1 amide bonds. The van der Waals surface area contributed by atoms with Gasteiger partial charge in [-0.1, -0.05) is 60.1 Å². The molecule has 6 heteroatoms. The van der Waals surface area contributed by atoms with E-state index < -0.39 is 6.04 Å². The average molecular weight is 518 g/mol. The Kier molecular flexibility index (Phi) is 6.00. The molecule has 4 aromatic rings. The van der Waals surface area contributed by atoms with Crippen LogP contribution in [0, 0.1) is 5.92 Å². The molecule has 2 heterocycles. The van der Waals surface area contributed by atoms with Gasteiger partial charge in [0.25, 0.3) is 5.91 Å². The zero-order valence-corrected chi connectivity index (χ0v) is 20.5. The Hall–Kier alpha value is -3.38. The Bertz CT molecular complexity index is 1440. The lowest BCUT2D eigenvalue weighted by molar-refractivity contribution is 0.0971. The lowest BCUT2D eigenvalue weighted by atomic mass is 9.98. The van der Waals surface area contributed by atoms with E-state index in [1.807, 2.05) is 48.5 Å². The van der Waals surface area contributed by atoms with Gasteiger partial charge in [0.2, 0.25) is 5.76 Å². The van der Waals surface area contributed by atoms with E-state index in [4.69, 9.17) is 9.15 Å². The van der Waals surface area contributed by atoms with Crippen molar-refractivity contribution in [3.63, 3.8) is 0 Å². The van der Waals surface area contributed by atoms with E-state index in [1.165, 1.54) is 0 Å². The number of nitrogens with zero attached hydrogens (tertiary/aromatic N) is 1. The molecule has 34 heavy (non-hydrogen) atoms. The van der Waals surface area contributed by atoms with Crippen LogP contribution in [0.25, 0.3) is 11.0 Å². The van der Waals surface area contributed by atoms with Crippen molar-refractivity contribution in [1.82, 2.24) is 0 Å². The Balaban J connectivity index is 1.68. The lowest BCUT2D eigenvalue weighted by Gasteiger charge is -2.25. The highest BCUT2D eigenvalue weighted by Gasteiger charge is 2.43. The minimum Gasteiger partial charge on any atom is -0.494 e.